The summed E-state index contributed by atoms with van der Waals surface area (Å²) in [6.45, 7) is 3.37. The van der Waals surface area contributed by atoms with Crippen LogP contribution in [0, 0.1) is 0 Å². The van der Waals surface area contributed by atoms with Crippen LogP contribution in [0.4, 0.5) is 5.69 Å². The Morgan fingerprint density at radius 3 is 2.32 bits per heavy atom. The topological polar surface area (TPSA) is 75.6 Å². The molecule has 0 heterocycles. The number of amides is 1. The van der Waals surface area contributed by atoms with Crippen molar-refractivity contribution < 1.29 is 19.4 Å². The van der Waals surface area contributed by atoms with Crippen molar-refractivity contribution in [3.8, 4) is 0 Å². The summed E-state index contributed by atoms with van der Waals surface area (Å²) in [7, 11) is 1.48. The van der Waals surface area contributed by atoms with Crippen LogP contribution in [0.3, 0.4) is 0 Å². The number of carboxylic acids is 1. The van der Waals surface area contributed by atoms with Crippen molar-refractivity contribution >= 4 is 17.6 Å². The van der Waals surface area contributed by atoms with E-state index >= 15 is 0 Å². The molecule has 5 heteroatoms. The number of benzene rings is 1. The van der Waals surface area contributed by atoms with E-state index in [1.165, 1.54) is 7.11 Å². The van der Waals surface area contributed by atoms with Gasteiger partial charge in [0.05, 0.1) is 0 Å². The van der Waals surface area contributed by atoms with E-state index in [0.29, 0.717) is 12.1 Å². The molecule has 0 saturated heterocycles. The lowest BCUT2D eigenvalue weighted by atomic mass is 10.1. The molecule has 1 amide bonds. The Morgan fingerprint density at radius 2 is 1.84 bits per heavy atom. The van der Waals surface area contributed by atoms with Crippen LogP contribution in [0.1, 0.15) is 25.8 Å². The van der Waals surface area contributed by atoms with Gasteiger partial charge in [-0.2, -0.15) is 0 Å². The molecule has 5 nitrogen and oxygen atoms in total. The van der Waals surface area contributed by atoms with Crippen LogP contribution in [-0.2, 0) is 20.7 Å². The maximum atomic E-state index is 11.9. The molecule has 19 heavy (non-hydrogen) atoms. The number of aryl methyl sites for hydroxylation is 1. The summed E-state index contributed by atoms with van der Waals surface area (Å²) < 4.78 is 5.08. The molecule has 0 saturated carbocycles. The summed E-state index contributed by atoms with van der Waals surface area (Å²) in [4.78, 5) is 22.3. The van der Waals surface area contributed by atoms with E-state index in [1.807, 2.05) is 0 Å². The molecule has 0 aromatic heterocycles. The Bertz CT molecular complexity index is 451. The SMILES string of the molecule is COC(C)(C)C(=O)Nc1ccc(CCC(=O)O)cc1. The number of anilines is 1. The van der Waals surface area contributed by atoms with Crippen LogP contribution in [0.25, 0.3) is 0 Å². The largest absolute Gasteiger partial charge is 0.481 e. The first-order chi connectivity index (χ1) is 8.85. The fourth-order valence-electron chi connectivity index (χ4n) is 1.38. The molecule has 104 valence electrons. The minimum Gasteiger partial charge on any atom is -0.481 e. The summed E-state index contributed by atoms with van der Waals surface area (Å²) in [6.07, 6.45) is 0.579. The number of carbonyl (C=O) groups excluding carboxylic acids is 1. The number of hydrogen-bond donors (Lipinski definition) is 2. The third-order valence-electron chi connectivity index (χ3n) is 2.90. The second kappa shape index (κ2) is 6.33. The first-order valence-electron chi connectivity index (χ1n) is 6.02. The molecule has 1 aromatic carbocycles. The van der Waals surface area contributed by atoms with Crippen LogP contribution >= 0.6 is 0 Å². The van der Waals surface area contributed by atoms with Gasteiger partial charge in [-0.25, -0.2) is 0 Å². The van der Waals surface area contributed by atoms with Gasteiger partial charge in [0.2, 0.25) is 0 Å². The van der Waals surface area contributed by atoms with Gasteiger partial charge in [0, 0.05) is 19.2 Å². The van der Waals surface area contributed by atoms with Gasteiger partial charge in [-0.3, -0.25) is 9.59 Å². The quantitative estimate of drug-likeness (QED) is 0.825. The van der Waals surface area contributed by atoms with Gasteiger partial charge in [-0.1, -0.05) is 12.1 Å². The summed E-state index contributed by atoms with van der Waals surface area (Å²) in [5.74, 6) is -1.05. The second-order valence-electron chi connectivity index (χ2n) is 4.76. The van der Waals surface area contributed by atoms with Crippen LogP contribution in [0.15, 0.2) is 24.3 Å². The van der Waals surface area contributed by atoms with Gasteiger partial charge < -0.3 is 15.2 Å². The van der Waals surface area contributed by atoms with Gasteiger partial charge in [-0.05, 0) is 38.0 Å². The number of nitrogens with one attached hydrogen (secondary N) is 1. The van der Waals surface area contributed by atoms with Crippen molar-refractivity contribution in [3.63, 3.8) is 0 Å². The summed E-state index contributed by atoms with van der Waals surface area (Å²) in [6, 6.07) is 7.11. The number of rotatable bonds is 6. The molecule has 0 aliphatic carbocycles. The zero-order valence-electron chi connectivity index (χ0n) is 11.4. The first kappa shape index (κ1) is 15.2. The van der Waals surface area contributed by atoms with Gasteiger partial charge in [0.15, 0.2) is 0 Å². The molecule has 0 aliphatic heterocycles. The summed E-state index contributed by atoms with van der Waals surface area (Å²) in [5, 5.41) is 11.3. The van der Waals surface area contributed by atoms with Crippen molar-refractivity contribution in [2.75, 3.05) is 12.4 Å². The first-order valence-corrected chi connectivity index (χ1v) is 6.02. The Kier molecular flexibility index (Phi) is 5.06. The van der Waals surface area contributed by atoms with E-state index in [9.17, 15) is 9.59 Å². The van der Waals surface area contributed by atoms with E-state index in [0.717, 1.165) is 5.56 Å². The van der Waals surface area contributed by atoms with Crippen molar-refractivity contribution in [2.45, 2.75) is 32.3 Å². The lowest BCUT2D eigenvalue weighted by Crippen LogP contribution is -2.38. The molecule has 2 N–H and O–H groups in total. The molecule has 1 aromatic rings. The molecule has 0 atom stereocenters. The molecule has 0 fully saturated rings. The highest BCUT2D eigenvalue weighted by Gasteiger charge is 2.26. The van der Waals surface area contributed by atoms with Crippen LogP contribution in [0.2, 0.25) is 0 Å². The van der Waals surface area contributed by atoms with Crippen LogP contribution in [0.5, 0.6) is 0 Å². The summed E-state index contributed by atoms with van der Waals surface area (Å²) in [5.41, 5.74) is 0.697. The standard InChI is InChI=1S/C14H19NO4/c1-14(2,19-3)13(18)15-11-7-4-10(5-8-11)6-9-12(16)17/h4-5,7-8H,6,9H2,1-3H3,(H,15,18)(H,16,17). The van der Waals surface area contributed by atoms with Crippen LogP contribution in [-0.4, -0.2) is 29.7 Å². The fraction of sp³-hybridized carbons (Fsp3) is 0.429. The van der Waals surface area contributed by atoms with E-state index in [-0.39, 0.29) is 12.3 Å². The number of carbonyl (C=O) groups is 2. The Labute approximate surface area is 112 Å². The number of aliphatic carboxylic acids is 1. The molecule has 0 bridgehead atoms. The van der Waals surface area contributed by atoms with Crippen molar-refractivity contribution in [1.29, 1.82) is 0 Å². The molecule has 0 radical (unpaired) electrons. The predicted octanol–water partition coefficient (Wildman–Crippen LogP) is 2.07. The zero-order chi connectivity index (χ0) is 14.5. The molecule has 1 rings (SSSR count). The van der Waals surface area contributed by atoms with Crippen molar-refractivity contribution in [2.24, 2.45) is 0 Å². The van der Waals surface area contributed by atoms with Gasteiger partial charge in [0.25, 0.3) is 5.91 Å². The highest BCUT2D eigenvalue weighted by Crippen LogP contribution is 2.15. The normalized spacial score (nSPS) is 11.1. The minimum absolute atomic E-state index is 0.0996. The predicted molar refractivity (Wildman–Crippen MR) is 72.1 cm³/mol. The van der Waals surface area contributed by atoms with E-state index in [2.05, 4.69) is 5.32 Å². The van der Waals surface area contributed by atoms with E-state index in [4.69, 9.17) is 9.84 Å². The fourth-order valence-corrected chi connectivity index (χ4v) is 1.38. The molecule has 0 aliphatic rings. The number of hydrogen-bond acceptors (Lipinski definition) is 3. The maximum Gasteiger partial charge on any atom is 0.303 e. The van der Waals surface area contributed by atoms with E-state index in [1.54, 1.807) is 38.1 Å². The minimum atomic E-state index is -0.887. The highest BCUT2D eigenvalue weighted by molar-refractivity contribution is 5.96. The molecular formula is C14H19NO4. The Morgan fingerprint density at radius 1 is 1.26 bits per heavy atom. The van der Waals surface area contributed by atoms with E-state index < -0.39 is 11.6 Å². The average Bonchev–Trinajstić information content (AvgIpc) is 2.37. The molecule has 0 unspecified atom stereocenters. The number of methoxy groups -OCH3 is 1. The number of ether oxygens (including phenoxy) is 1. The molecule has 0 spiro atoms. The monoisotopic (exact) mass is 265 g/mol. The van der Waals surface area contributed by atoms with Crippen LogP contribution < -0.4 is 5.32 Å². The Balaban J connectivity index is 2.62. The van der Waals surface area contributed by atoms with Gasteiger partial charge >= 0.3 is 5.97 Å². The second-order valence-corrected chi connectivity index (χ2v) is 4.76. The zero-order valence-corrected chi connectivity index (χ0v) is 11.4. The lowest BCUT2D eigenvalue weighted by Gasteiger charge is -2.21. The third-order valence-corrected chi connectivity index (χ3v) is 2.90. The van der Waals surface area contributed by atoms with Crippen molar-refractivity contribution in [3.05, 3.63) is 29.8 Å². The average molecular weight is 265 g/mol. The molecular weight excluding hydrogens is 246 g/mol. The number of carboxylic acid groups (broad SMARTS) is 1. The van der Waals surface area contributed by atoms with Crippen molar-refractivity contribution in [1.82, 2.24) is 0 Å². The van der Waals surface area contributed by atoms with Gasteiger partial charge in [0.1, 0.15) is 5.60 Å². The third kappa shape index (κ3) is 4.71. The lowest BCUT2D eigenvalue weighted by molar-refractivity contribution is -0.137. The highest BCUT2D eigenvalue weighted by atomic mass is 16.5. The summed E-state index contributed by atoms with van der Waals surface area (Å²) >= 11 is 0. The maximum absolute atomic E-state index is 11.9. The van der Waals surface area contributed by atoms with Gasteiger partial charge in [-0.15, -0.1) is 0 Å². The Hall–Kier alpha value is -1.88. The smallest absolute Gasteiger partial charge is 0.303 e.